The maximum absolute atomic E-state index is 11.1. The van der Waals surface area contributed by atoms with Gasteiger partial charge in [-0.05, 0) is 0 Å². The summed E-state index contributed by atoms with van der Waals surface area (Å²) in [5.74, 6) is -0.0286. The molecular weight excluding hydrogens is 190 g/mol. The third kappa shape index (κ3) is 1.45. The standard InChI is InChI=1S/C8H8ClN3O/c1-12-4-8(13)11-5-3-10-7(9)2-6(5)12/h2-3H,4H2,1H3,(H,11,13). The van der Waals surface area contributed by atoms with Crippen molar-refractivity contribution in [3.05, 3.63) is 17.4 Å². The van der Waals surface area contributed by atoms with Gasteiger partial charge in [0.25, 0.3) is 0 Å². The first-order valence-electron chi connectivity index (χ1n) is 3.83. The summed E-state index contributed by atoms with van der Waals surface area (Å²) < 4.78 is 0. The van der Waals surface area contributed by atoms with Gasteiger partial charge in [-0.2, -0.15) is 0 Å². The summed E-state index contributed by atoms with van der Waals surface area (Å²) in [6.07, 6.45) is 1.56. The van der Waals surface area contributed by atoms with Crippen LogP contribution < -0.4 is 10.2 Å². The number of aromatic nitrogens is 1. The minimum Gasteiger partial charge on any atom is -0.363 e. The van der Waals surface area contributed by atoms with Crippen LogP contribution in [0.2, 0.25) is 5.15 Å². The van der Waals surface area contributed by atoms with Gasteiger partial charge in [0.15, 0.2) is 0 Å². The summed E-state index contributed by atoms with van der Waals surface area (Å²) in [5.41, 5.74) is 1.61. The van der Waals surface area contributed by atoms with Crippen molar-refractivity contribution in [3.8, 4) is 0 Å². The molecule has 68 valence electrons. The molecule has 0 unspecified atom stereocenters. The summed E-state index contributed by atoms with van der Waals surface area (Å²) in [4.78, 5) is 16.8. The number of hydrogen-bond acceptors (Lipinski definition) is 3. The van der Waals surface area contributed by atoms with E-state index in [0.29, 0.717) is 17.4 Å². The van der Waals surface area contributed by atoms with Crippen molar-refractivity contribution in [1.29, 1.82) is 0 Å². The molecule has 1 aromatic heterocycles. The highest BCUT2D eigenvalue weighted by atomic mass is 35.5. The maximum Gasteiger partial charge on any atom is 0.243 e. The minimum atomic E-state index is -0.0286. The molecule has 0 aliphatic carbocycles. The number of anilines is 2. The number of fused-ring (bicyclic) bond motifs is 1. The summed E-state index contributed by atoms with van der Waals surface area (Å²) in [7, 11) is 1.84. The third-order valence-corrected chi connectivity index (χ3v) is 2.12. The molecule has 0 atom stereocenters. The van der Waals surface area contributed by atoms with Crippen molar-refractivity contribution in [2.24, 2.45) is 0 Å². The number of carbonyl (C=O) groups excluding carboxylic acids is 1. The fourth-order valence-corrected chi connectivity index (χ4v) is 1.47. The molecule has 5 heteroatoms. The second-order valence-electron chi connectivity index (χ2n) is 2.93. The summed E-state index contributed by atoms with van der Waals surface area (Å²) >= 11 is 5.73. The van der Waals surface area contributed by atoms with Gasteiger partial charge in [-0.1, -0.05) is 11.6 Å². The monoisotopic (exact) mass is 197 g/mol. The van der Waals surface area contributed by atoms with E-state index >= 15 is 0 Å². The van der Waals surface area contributed by atoms with Crippen molar-refractivity contribution < 1.29 is 4.79 Å². The van der Waals surface area contributed by atoms with Crippen molar-refractivity contribution in [2.45, 2.75) is 0 Å². The highest BCUT2D eigenvalue weighted by molar-refractivity contribution is 6.29. The normalized spacial score (nSPS) is 15.2. The number of nitrogens with zero attached hydrogens (tertiary/aromatic N) is 2. The minimum absolute atomic E-state index is 0.0286. The zero-order valence-electron chi connectivity index (χ0n) is 7.04. The number of pyridine rings is 1. The van der Waals surface area contributed by atoms with Gasteiger partial charge >= 0.3 is 0 Å². The average molecular weight is 198 g/mol. The lowest BCUT2D eigenvalue weighted by Gasteiger charge is -2.26. The average Bonchev–Trinajstić information content (AvgIpc) is 2.06. The highest BCUT2D eigenvalue weighted by Crippen LogP contribution is 2.29. The molecule has 1 N–H and O–H groups in total. The quantitative estimate of drug-likeness (QED) is 0.634. The van der Waals surface area contributed by atoms with Gasteiger partial charge in [0.2, 0.25) is 5.91 Å². The lowest BCUT2D eigenvalue weighted by atomic mass is 10.2. The number of nitrogens with one attached hydrogen (secondary N) is 1. The van der Waals surface area contributed by atoms with Crippen LogP contribution >= 0.6 is 11.6 Å². The molecule has 0 saturated heterocycles. The molecule has 4 nitrogen and oxygen atoms in total. The van der Waals surface area contributed by atoms with E-state index in [1.807, 2.05) is 11.9 Å². The number of carbonyl (C=O) groups is 1. The van der Waals surface area contributed by atoms with Crippen LogP contribution in [0.4, 0.5) is 11.4 Å². The SMILES string of the molecule is CN1CC(=O)Nc2cnc(Cl)cc21. The Kier molecular flexibility index (Phi) is 1.84. The van der Waals surface area contributed by atoms with E-state index in [0.717, 1.165) is 5.69 Å². The molecule has 0 aromatic carbocycles. The van der Waals surface area contributed by atoms with E-state index in [4.69, 9.17) is 11.6 Å². The van der Waals surface area contributed by atoms with Gasteiger partial charge in [-0.3, -0.25) is 4.79 Å². The second-order valence-corrected chi connectivity index (χ2v) is 3.32. The first-order chi connectivity index (χ1) is 6.16. The lowest BCUT2D eigenvalue weighted by Crippen LogP contribution is -2.35. The molecule has 1 aliphatic rings. The molecule has 13 heavy (non-hydrogen) atoms. The molecular formula is C8H8ClN3O. The smallest absolute Gasteiger partial charge is 0.243 e. The predicted molar refractivity (Wildman–Crippen MR) is 51.1 cm³/mol. The fourth-order valence-electron chi connectivity index (χ4n) is 1.32. The zero-order chi connectivity index (χ0) is 9.42. The van der Waals surface area contributed by atoms with Crippen molar-refractivity contribution in [1.82, 2.24) is 4.98 Å². The number of rotatable bonds is 0. The van der Waals surface area contributed by atoms with Crippen LogP contribution in [0.15, 0.2) is 12.3 Å². The molecule has 2 rings (SSSR count). The van der Waals surface area contributed by atoms with Gasteiger partial charge in [-0.15, -0.1) is 0 Å². The number of likely N-dealkylation sites (N-methyl/N-ethyl adjacent to an activating group) is 1. The van der Waals surface area contributed by atoms with Gasteiger partial charge in [0.1, 0.15) is 5.15 Å². The van der Waals surface area contributed by atoms with E-state index in [1.54, 1.807) is 12.3 Å². The number of amides is 1. The third-order valence-electron chi connectivity index (χ3n) is 1.91. The Morgan fingerprint density at radius 2 is 2.46 bits per heavy atom. The molecule has 1 aromatic rings. The Balaban J connectivity index is 2.49. The van der Waals surface area contributed by atoms with E-state index in [9.17, 15) is 4.79 Å². The largest absolute Gasteiger partial charge is 0.363 e. The van der Waals surface area contributed by atoms with Gasteiger partial charge in [0, 0.05) is 13.1 Å². The van der Waals surface area contributed by atoms with Gasteiger partial charge in [-0.25, -0.2) is 4.98 Å². The lowest BCUT2D eigenvalue weighted by molar-refractivity contribution is -0.115. The summed E-state index contributed by atoms with van der Waals surface area (Å²) in [6.45, 7) is 0.355. The van der Waals surface area contributed by atoms with Crippen molar-refractivity contribution in [3.63, 3.8) is 0 Å². The molecule has 0 fully saturated rings. The number of hydrogen-bond donors (Lipinski definition) is 1. The Bertz CT molecular complexity index is 366. The molecule has 1 amide bonds. The Hall–Kier alpha value is -1.29. The molecule has 2 heterocycles. The maximum atomic E-state index is 11.1. The molecule has 1 aliphatic heterocycles. The van der Waals surface area contributed by atoms with E-state index in [1.165, 1.54) is 0 Å². The molecule has 0 spiro atoms. The van der Waals surface area contributed by atoms with Crippen LogP contribution in [0.3, 0.4) is 0 Å². The molecule has 0 saturated carbocycles. The Morgan fingerprint density at radius 3 is 3.23 bits per heavy atom. The van der Waals surface area contributed by atoms with E-state index < -0.39 is 0 Å². The van der Waals surface area contributed by atoms with E-state index in [-0.39, 0.29) is 5.91 Å². The van der Waals surface area contributed by atoms with E-state index in [2.05, 4.69) is 10.3 Å². The summed E-state index contributed by atoms with van der Waals surface area (Å²) in [6, 6.07) is 1.73. The predicted octanol–water partition coefficient (Wildman–Crippen LogP) is 1.12. The van der Waals surface area contributed by atoms with Crippen LogP contribution in [-0.4, -0.2) is 24.5 Å². The van der Waals surface area contributed by atoms with Crippen molar-refractivity contribution in [2.75, 3.05) is 23.8 Å². The first-order valence-corrected chi connectivity index (χ1v) is 4.21. The van der Waals surface area contributed by atoms with Crippen LogP contribution in [-0.2, 0) is 4.79 Å². The van der Waals surface area contributed by atoms with Gasteiger partial charge < -0.3 is 10.2 Å². The Labute approximate surface area is 80.5 Å². The van der Waals surface area contributed by atoms with Crippen LogP contribution in [0, 0.1) is 0 Å². The Morgan fingerprint density at radius 1 is 1.69 bits per heavy atom. The first kappa shape index (κ1) is 8.31. The molecule has 0 bridgehead atoms. The zero-order valence-corrected chi connectivity index (χ0v) is 7.80. The fraction of sp³-hybridized carbons (Fsp3) is 0.250. The van der Waals surface area contributed by atoms with Crippen molar-refractivity contribution >= 4 is 28.9 Å². The summed E-state index contributed by atoms with van der Waals surface area (Å²) in [5, 5.41) is 3.15. The molecule has 0 radical (unpaired) electrons. The second kappa shape index (κ2) is 2.88. The highest BCUT2D eigenvalue weighted by Gasteiger charge is 2.19. The van der Waals surface area contributed by atoms with Gasteiger partial charge in [0.05, 0.1) is 24.1 Å². The van der Waals surface area contributed by atoms with Crippen LogP contribution in [0.1, 0.15) is 0 Å². The van der Waals surface area contributed by atoms with Crippen LogP contribution in [0.5, 0.6) is 0 Å². The number of halogens is 1. The topological polar surface area (TPSA) is 45.2 Å². The van der Waals surface area contributed by atoms with Crippen LogP contribution in [0.25, 0.3) is 0 Å².